The number of aliphatic hydroxyl groups excluding tert-OH is 1. The summed E-state index contributed by atoms with van der Waals surface area (Å²) in [6, 6.07) is 0. The van der Waals surface area contributed by atoms with E-state index in [2.05, 4.69) is 4.98 Å². The van der Waals surface area contributed by atoms with Crippen LogP contribution in [-0.2, 0) is 18.1 Å². The van der Waals surface area contributed by atoms with Gasteiger partial charge in [0.15, 0.2) is 0 Å². The fourth-order valence-corrected chi connectivity index (χ4v) is 1.17. The molecule has 1 heterocycles. The Morgan fingerprint density at radius 2 is 2.46 bits per heavy atom. The van der Waals surface area contributed by atoms with Crippen LogP contribution in [-0.4, -0.2) is 21.3 Å². The van der Waals surface area contributed by atoms with E-state index < -0.39 is 0 Å². The molecule has 1 saturated carbocycles. The molecule has 0 aromatic carbocycles. The minimum absolute atomic E-state index is 0.00434. The highest BCUT2D eigenvalue weighted by Gasteiger charge is 2.20. The second kappa shape index (κ2) is 3.89. The van der Waals surface area contributed by atoms with Crippen molar-refractivity contribution < 1.29 is 9.84 Å². The van der Waals surface area contributed by atoms with Crippen LogP contribution in [0.1, 0.15) is 18.5 Å². The Balaban J connectivity index is 1.72. The summed E-state index contributed by atoms with van der Waals surface area (Å²) in [5.41, 5.74) is 0.690. The molecule has 1 aliphatic rings. The van der Waals surface area contributed by atoms with Crippen LogP contribution in [0.4, 0.5) is 0 Å². The summed E-state index contributed by atoms with van der Waals surface area (Å²) in [5.74, 6) is 0.792. The maximum atomic E-state index is 8.76. The Kier molecular flexibility index (Phi) is 2.61. The first-order chi connectivity index (χ1) is 6.38. The van der Waals surface area contributed by atoms with Gasteiger partial charge in [0.05, 0.1) is 25.2 Å². The van der Waals surface area contributed by atoms with Gasteiger partial charge in [-0.2, -0.15) is 0 Å². The molecule has 1 aliphatic carbocycles. The van der Waals surface area contributed by atoms with Crippen molar-refractivity contribution >= 4 is 0 Å². The minimum Gasteiger partial charge on any atom is -0.390 e. The summed E-state index contributed by atoms with van der Waals surface area (Å²) in [6.07, 6.45) is 6.10. The lowest BCUT2D eigenvalue weighted by atomic mass is 10.5. The molecule has 4 nitrogen and oxygen atoms in total. The average Bonchev–Trinajstić information content (AvgIpc) is 2.84. The maximum absolute atomic E-state index is 8.76. The summed E-state index contributed by atoms with van der Waals surface area (Å²) in [7, 11) is 0. The molecule has 13 heavy (non-hydrogen) atoms. The van der Waals surface area contributed by atoms with E-state index >= 15 is 0 Å². The highest BCUT2D eigenvalue weighted by molar-refractivity contribution is 4.93. The van der Waals surface area contributed by atoms with Gasteiger partial charge in [-0.25, -0.2) is 4.98 Å². The van der Waals surface area contributed by atoms with E-state index in [-0.39, 0.29) is 6.61 Å². The first-order valence-electron chi connectivity index (χ1n) is 4.57. The number of nitrogens with zero attached hydrogens (tertiary/aromatic N) is 2. The zero-order chi connectivity index (χ0) is 9.10. The maximum Gasteiger partial charge on any atom is 0.123 e. The zero-order valence-corrected chi connectivity index (χ0v) is 7.52. The van der Waals surface area contributed by atoms with Crippen LogP contribution in [0.2, 0.25) is 0 Å². The van der Waals surface area contributed by atoms with Gasteiger partial charge in [-0.3, -0.25) is 0 Å². The smallest absolute Gasteiger partial charge is 0.123 e. The number of ether oxygens (including phenoxy) is 1. The molecular formula is C9H14N2O2. The molecule has 0 amide bonds. The van der Waals surface area contributed by atoms with Gasteiger partial charge in [0.25, 0.3) is 0 Å². The van der Waals surface area contributed by atoms with Crippen molar-refractivity contribution in [2.24, 2.45) is 5.92 Å². The molecule has 2 rings (SSSR count). The highest BCUT2D eigenvalue weighted by Crippen LogP contribution is 2.28. The lowest BCUT2D eigenvalue weighted by molar-refractivity contribution is 0.0688. The van der Waals surface area contributed by atoms with E-state index in [0.717, 1.165) is 12.5 Å². The number of hydrogen-bond donors (Lipinski definition) is 1. The summed E-state index contributed by atoms with van der Waals surface area (Å²) in [5, 5.41) is 8.76. The Morgan fingerprint density at radius 1 is 1.62 bits per heavy atom. The normalized spacial score (nSPS) is 16.4. The van der Waals surface area contributed by atoms with Crippen molar-refractivity contribution in [3.8, 4) is 0 Å². The van der Waals surface area contributed by atoms with E-state index in [0.29, 0.717) is 12.4 Å². The molecule has 72 valence electrons. The molecule has 0 radical (unpaired) electrons. The Bertz CT molecular complexity index is 268. The summed E-state index contributed by atoms with van der Waals surface area (Å²) in [4.78, 5) is 3.98. The Morgan fingerprint density at radius 3 is 3.08 bits per heavy atom. The molecule has 1 aromatic heterocycles. The van der Waals surface area contributed by atoms with Crippen molar-refractivity contribution in [1.82, 2.24) is 9.55 Å². The molecule has 1 N–H and O–H groups in total. The van der Waals surface area contributed by atoms with Crippen molar-refractivity contribution in [2.75, 3.05) is 6.61 Å². The van der Waals surface area contributed by atoms with Crippen molar-refractivity contribution in [3.63, 3.8) is 0 Å². The van der Waals surface area contributed by atoms with E-state index in [1.165, 1.54) is 12.8 Å². The largest absolute Gasteiger partial charge is 0.390 e. The van der Waals surface area contributed by atoms with Crippen molar-refractivity contribution in [3.05, 3.63) is 18.2 Å². The number of rotatable bonds is 5. The van der Waals surface area contributed by atoms with E-state index in [1.807, 2.05) is 4.57 Å². The number of aromatic nitrogens is 2. The van der Waals surface area contributed by atoms with E-state index in [9.17, 15) is 0 Å². The van der Waals surface area contributed by atoms with E-state index in [4.69, 9.17) is 9.84 Å². The zero-order valence-electron chi connectivity index (χ0n) is 7.52. The number of imidazole rings is 1. The molecule has 0 atom stereocenters. The molecule has 0 unspecified atom stereocenters. The fourth-order valence-electron chi connectivity index (χ4n) is 1.17. The third kappa shape index (κ3) is 2.54. The first kappa shape index (κ1) is 8.72. The summed E-state index contributed by atoms with van der Waals surface area (Å²) in [6.45, 7) is 1.39. The average molecular weight is 182 g/mol. The van der Waals surface area contributed by atoms with Gasteiger partial charge >= 0.3 is 0 Å². The van der Waals surface area contributed by atoms with Crippen LogP contribution in [0.3, 0.4) is 0 Å². The van der Waals surface area contributed by atoms with Gasteiger partial charge < -0.3 is 14.4 Å². The van der Waals surface area contributed by atoms with Gasteiger partial charge in [-0.05, 0) is 18.8 Å². The van der Waals surface area contributed by atoms with Crippen LogP contribution in [0, 0.1) is 5.92 Å². The van der Waals surface area contributed by atoms with Crippen LogP contribution in [0.25, 0.3) is 0 Å². The lowest BCUT2D eigenvalue weighted by Gasteiger charge is -2.02. The third-order valence-electron chi connectivity index (χ3n) is 2.14. The molecule has 1 fully saturated rings. The minimum atomic E-state index is -0.00434. The first-order valence-corrected chi connectivity index (χ1v) is 4.57. The number of aliphatic hydroxyl groups is 1. The topological polar surface area (TPSA) is 47.3 Å². The van der Waals surface area contributed by atoms with Gasteiger partial charge in [0.2, 0.25) is 0 Å². The molecule has 0 bridgehead atoms. The molecule has 0 spiro atoms. The van der Waals surface area contributed by atoms with Crippen molar-refractivity contribution in [1.29, 1.82) is 0 Å². The fraction of sp³-hybridized carbons (Fsp3) is 0.667. The summed E-state index contributed by atoms with van der Waals surface area (Å²) >= 11 is 0. The second-order valence-corrected chi connectivity index (χ2v) is 3.48. The molecule has 0 saturated heterocycles. The molecule has 4 heteroatoms. The lowest BCUT2D eigenvalue weighted by Crippen LogP contribution is -2.02. The predicted molar refractivity (Wildman–Crippen MR) is 46.8 cm³/mol. The third-order valence-corrected chi connectivity index (χ3v) is 2.14. The van der Waals surface area contributed by atoms with Crippen LogP contribution in [0.5, 0.6) is 0 Å². The SMILES string of the molecule is OCc1cn(COCC2CC2)cn1. The van der Waals surface area contributed by atoms with Gasteiger partial charge in [-0.1, -0.05) is 0 Å². The quantitative estimate of drug-likeness (QED) is 0.731. The predicted octanol–water partition coefficient (Wildman–Crippen LogP) is 0.759. The van der Waals surface area contributed by atoms with Crippen LogP contribution < -0.4 is 0 Å². The molecular weight excluding hydrogens is 168 g/mol. The van der Waals surface area contributed by atoms with E-state index in [1.54, 1.807) is 12.5 Å². The second-order valence-electron chi connectivity index (χ2n) is 3.48. The van der Waals surface area contributed by atoms with Crippen molar-refractivity contribution in [2.45, 2.75) is 26.2 Å². The molecule has 0 aliphatic heterocycles. The van der Waals surface area contributed by atoms with Gasteiger partial charge in [0.1, 0.15) is 6.73 Å². The van der Waals surface area contributed by atoms with Gasteiger partial charge in [-0.15, -0.1) is 0 Å². The summed E-state index contributed by atoms with van der Waals surface area (Å²) < 4.78 is 7.28. The van der Waals surface area contributed by atoms with Crippen LogP contribution in [0.15, 0.2) is 12.5 Å². The Labute approximate surface area is 77.2 Å². The Hall–Kier alpha value is -0.870. The standard InChI is InChI=1S/C9H14N2O2/c12-4-9-3-11(6-10-9)7-13-5-8-1-2-8/h3,6,8,12H,1-2,4-5,7H2. The monoisotopic (exact) mass is 182 g/mol. The highest BCUT2D eigenvalue weighted by atomic mass is 16.5. The molecule has 1 aromatic rings. The van der Waals surface area contributed by atoms with Crippen LogP contribution >= 0.6 is 0 Å². The van der Waals surface area contributed by atoms with Gasteiger partial charge in [0, 0.05) is 6.20 Å². The number of hydrogen-bond acceptors (Lipinski definition) is 3.